The zero-order valence-corrected chi connectivity index (χ0v) is 9.65. The Kier molecular flexibility index (Phi) is 1.82. The summed E-state index contributed by atoms with van der Waals surface area (Å²) in [6.45, 7) is 1.28. The van der Waals surface area contributed by atoms with Gasteiger partial charge in [-0.25, -0.2) is 0 Å². The second-order valence-electron chi connectivity index (χ2n) is 5.46. The van der Waals surface area contributed by atoms with Crippen LogP contribution in [0.5, 0.6) is 0 Å². The van der Waals surface area contributed by atoms with Crippen LogP contribution in [0.2, 0.25) is 0 Å². The number of hydrogen-bond donors (Lipinski definition) is 0. The molecule has 2 atom stereocenters. The molecular formula is C14H18N2. The third-order valence-electron chi connectivity index (χ3n) is 4.67. The van der Waals surface area contributed by atoms with E-state index >= 15 is 0 Å². The number of allylic oxidation sites excluding steroid dienone is 1. The molecule has 4 rings (SSSR count). The Hall–Kier alpha value is -1.05. The first-order valence-corrected chi connectivity index (χ1v) is 6.67. The van der Waals surface area contributed by atoms with Gasteiger partial charge in [-0.05, 0) is 49.2 Å². The van der Waals surface area contributed by atoms with Gasteiger partial charge >= 0.3 is 0 Å². The topological polar surface area (TPSA) is 15.6 Å². The van der Waals surface area contributed by atoms with Crippen LogP contribution in [-0.2, 0) is 0 Å². The third kappa shape index (κ3) is 1.05. The summed E-state index contributed by atoms with van der Waals surface area (Å²) in [6, 6.07) is 0.656. The Bertz CT molecular complexity index is 416. The van der Waals surface area contributed by atoms with E-state index in [1.54, 1.807) is 16.8 Å². The van der Waals surface area contributed by atoms with E-state index in [2.05, 4.69) is 22.3 Å². The first-order chi connectivity index (χ1) is 7.95. The quantitative estimate of drug-likeness (QED) is 0.605. The van der Waals surface area contributed by atoms with Crippen molar-refractivity contribution in [3.63, 3.8) is 0 Å². The van der Waals surface area contributed by atoms with Gasteiger partial charge in [0.05, 0.1) is 6.04 Å². The lowest BCUT2D eigenvalue weighted by molar-refractivity contribution is 0.210. The van der Waals surface area contributed by atoms with E-state index in [9.17, 15) is 0 Å². The predicted molar refractivity (Wildman–Crippen MR) is 65.3 cm³/mol. The highest BCUT2D eigenvalue weighted by Crippen LogP contribution is 2.49. The van der Waals surface area contributed by atoms with Gasteiger partial charge in [-0.2, -0.15) is 0 Å². The normalized spacial score (nSPS) is 36.0. The Balaban J connectivity index is 1.86. The monoisotopic (exact) mass is 214 g/mol. The van der Waals surface area contributed by atoms with E-state index in [0.717, 1.165) is 12.3 Å². The van der Waals surface area contributed by atoms with E-state index in [0.29, 0.717) is 6.04 Å². The number of nitrogens with zero attached hydrogens (tertiary/aromatic N) is 2. The second kappa shape index (κ2) is 3.22. The van der Waals surface area contributed by atoms with Gasteiger partial charge in [0.2, 0.25) is 0 Å². The molecular weight excluding hydrogens is 196 g/mol. The maximum atomic E-state index is 4.38. The number of fused-ring (bicyclic) bond motifs is 3. The molecule has 1 aliphatic carbocycles. The van der Waals surface area contributed by atoms with Crippen LogP contribution in [0.25, 0.3) is 0 Å². The summed E-state index contributed by atoms with van der Waals surface area (Å²) < 4.78 is 0. The lowest BCUT2D eigenvalue weighted by Crippen LogP contribution is -2.38. The van der Waals surface area contributed by atoms with Gasteiger partial charge in [0.1, 0.15) is 0 Å². The fourth-order valence-electron chi connectivity index (χ4n) is 4.05. The van der Waals surface area contributed by atoms with Crippen LogP contribution in [0.1, 0.15) is 38.5 Å². The average Bonchev–Trinajstić information content (AvgIpc) is 2.68. The molecule has 0 aromatic heterocycles. The number of hydrogen-bond acceptors (Lipinski definition) is 2. The van der Waals surface area contributed by atoms with Gasteiger partial charge in [-0.1, -0.05) is 0 Å². The molecule has 4 aliphatic rings. The fraction of sp³-hybridized carbons (Fsp3) is 0.643. The number of piperidine rings is 1. The highest BCUT2D eigenvalue weighted by atomic mass is 15.2. The first kappa shape index (κ1) is 9.03. The van der Waals surface area contributed by atoms with Crippen molar-refractivity contribution in [2.45, 2.75) is 44.6 Å². The largest absolute Gasteiger partial charge is 0.367 e. The summed E-state index contributed by atoms with van der Waals surface area (Å²) in [5.41, 5.74) is 4.96. The van der Waals surface area contributed by atoms with Crippen LogP contribution in [0.15, 0.2) is 28.0 Å². The molecule has 0 spiro atoms. The van der Waals surface area contributed by atoms with Crippen molar-refractivity contribution in [3.05, 3.63) is 23.0 Å². The van der Waals surface area contributed by atoms with Gasteiger partial charge in [-0.3, -0.25) is 4.99 Å². The zero-order valence-electron chi connectivity index (χ0n) is 9.65. The van der Waals surface area contributed by atoms with Crippen molar-refractivity contribution in [3.8, 4) is 0 Å². The Morgan fingerprint density at radius 3 is 3.19 bits per heavy atom. The van der Waals surface area contributed by atoms with E-state index in [4.69, 9.17) is 0 Å². The van der Waals surface area contributed by atoms with Crippen molar-refractivity contribution < 1.29 is 0 Å². The smallest absolute Gasteiger partial charge is 0.0607 e. The summed E-state index contributed by atoms with van der Waals surface area (Å²) in [4.78, 5) is 7.09. The highest BCUT2D eigenvalue weighted by molar-refractivity contribution is 5.65. The predicted octanol–water partition coefficient (Wildman–Crippen LogP) is 2.88. The Morgan fingerprint density at radius 1 is 1.25 bits per heavy atom. The van der Waals surface area contributed by atoms with E-state index in [-0.39, 0.29) is 0 Å². The van der Waals surface area contributed by atoms with Crippen LogP contribution in [0.4, 0.5) is 0 Å². The molecule has 84 valence electrons. The molecule has 1 fully saturated rings. The molecule has 2 unspecified atom stereocenters. The lowest BCUT2D eigenvalue weighted by Gasteiger charge is -2.39. The van der Waals surface area contributed by atoms with Crippen LogP contribution in [0.3, 0.4) is 0 Å². The molecule has 1 saturated heterocycles. The van der Waals surface area contributed by atoms with Crippen molar-refractivity contribution in [2.75, 3.05) is 6.54 Å². The summed E-state index contributed by atoms with van der Waals surface area (Å²) in [5, 5.41) is 0. The zero-order chi connectivity index (χ0) is 10.5. The van der Waals surface area contributed by atoms with Gasteiger partial charge in [0, 0.05) is 31.1 Å². The summed E-state index contributed by atoms with van der Waals surface area (Å²) in [5.74, 6) is 0.879. The van der Waals surface area contributed by atoms with Crippen LogP contribution >= 0.6 is 0 Å². The molecule has 0 aromatic carbocycles. The van der Waals surface area contributed by atoms with Crippen molar-refractivity contribution in [2.24, 2.45) is 10.9 Å². The summed E-state index contributed by atoms with van der Waals surface area (Å²) in [6.07, 6.45) is 12.3. The SMILES string of the molecule is C1=NC=C2C3=C4C(CCC3)CCCN4C2C1. The standard InChI is InChI=1S/C14H18N2/c1-3-10-4-2-8-16-13-6-7-15-9-12(13)11(5-1)14(10)16/h7,9-10,13H,1-6,8H2. The van der Waals surface area contributed by atoms with Crippen LogP contribution < -0.4 is 0 Å². The van der Waals surface area contributed by atoms with E-state index in [1.165, 1.54) is 38.6 Å². The lowest BCUT2D eigenvalue weighted by atomic mass is 9.82. The molecule has 16 heavy (non-hydrogen) atoms. The molecule has 3 heterocycles. The van der Waals surface area contributed by atoms with Gasteiger partial charge in [-0.15, -0.1) is 0 Å². The molecule has 0 amide bonds. The van der Waals surface area contributed by atoms with Crippen molar-refractivity contribution in [1.29, 1.82) is 0 Å². The van der Waals surface area contributed by atoms with Crippen molar-refractivity contribution >= 4 is 6.21 Å². The van der Waals surface area contributed by atoms with Gasteiger partial charge < -0.3 is 4.90 Å². The molecule has 0 saturated carbocycles. The second-order valence-corrected chi connectivity index (χ2v) is 5.46. The maximum absolute atomic E-state index is 4.38. The fourth-order valence-corrected chi connectivity index (χ4v) is 4.05. The minimum Gasteiger partial charge on any atom is -0.367 e. The molecule has 2 nitrogen and oxygen atoms in total. The molecule has 3 aliphatic heterocycles. The number of rotatable bonds is 0. The first-order valence-electron chi connectivity index (χ1n) is 6.67. The van der Waals surface area contributed by atoms with E-state index < -0.39 is 0 Å². The molecule has 0 N–H and O–H groups in total. The van der Waals surface area contributed by atoms with E-state index in [1.807, 2.05) is 0 Å². The summed E-state index contributed by atoms with van der Waals surface area (Å²) in [7, 11) is 0. The van der Waals surface area contributed by atoms with Crippen molar-refractivity contribution in [1.82, 2.24) is 4.90 Å². The molecule has 0 bridgehead atoms. The number of aliphatic imine (C=N–C) groups is 1. The minimum atomic E-state index is 0.656. The third-order valence-corrected chi connectivity index (χ3v) is 4.67. The maximum Gasteiger partial charge on any atom is 0.0607 e. The average molecular weight is 214 g/mol. The minimum absolute atomic E-state index is 0.656. The molecule has 0 aromatic rings. The van der Waals surface area contributed by atoms with Gasteiger partial charge in [0.25, 0.3) is 0 Å². The van der Waals surface area contributed by atoms with Crippen LogP contribution in [0, 0.1) is 5.92 Å². The highest BCUT2D eigenvalue weighted by Gasteiger charge is 2.42. The molecule has 0 radical (unpaired) electrons. The Morgan fingerprint density at radius 2 is 2.19 bits per heavy atom. The Labute approximate surface area is 96.7 Å². The summed E-state index contributed by atoms with van der Waals surface area (Å²) >= 11 is 0. The van der Waals surface area contributed by atoms with Crippen LogP contribution in [-0.4, -0.2) is 23.7 Å². The van der Waals surface area contributed by atoms with Gasteiger partial charge in [0.15, 0.2) is 0 Å². The molecule has 2 heteroatoms.